The molecule has 3 aliphatic carbocycles. The van der Waals surface area contributed by atoms with Gasteiger partial charge >= 0.3 is 5.97 Å². The molecule has 1 aromatic carbocycles. The van der Waals surface area contributed by atoms with Gasteiger partial charge in [-0.25, -0.2) is 14.8 Å². The monoisotopic (exact) mass is 1070 g/mol. The number of piperazine rings is 1. The summed E-state index contributed by atoms with van der Waals surface area (Å²) in [5.41, 5.74) is 9.02. The van der Waals surface area contributed by atoms with Crippen LogP contribution in [0.3, 0.4) is 0 Å². The Bertz CT molecular complexity index is 2810. The van der Waals surface area contributed by atoms with Crippen LogP contribution in [0.4, 0.5) is 10.1 Å². The van der Waals surface area contributed by atoms with Crippen molar-refractivity contribution in [1.29, 1.82) is 0 Å². The van der Waals surface area contributed by atoms with Crippen molar-refractivity contribution < 1.29 is 47.2 Å². The zero-order valence-corrected chi connectivity index (χ0v) is 45.7. The highest BCUT2D eigenvalue weighted by Crippen LogP contribution is 2.53. The average Bonchev–Trinajstić information content (AvgIpc) is 3.79. The number of aromatic nitrogens is 3. The van der Waals surface area contributed by atoms with Crippen LogP contribution in [0.5, 0.6) is 0 Å². The first-order valence-corrected chi connectivity index (χ1v) is 28.9. The van der Waals surface area contributed by atoms with Gasteiger partial charge in [0.15, 0.2) is 0 Å². The van der Waals surface area contributed by atoms with E-state index in [2.05, 4.69) is 63.2 Å². The summed E-state index contributed by atoms with van der Waals surface area (Å²) in [7, 11) is 1.72. The summed E-state index contributed by atoms with van der Waals surface area (Å²) >= 11 is 1.30. The minimum atomic E-state index is -1.38. The number of amides is 2. The fourth-order valence-corrected chi connectivity index (χ4v) is 14.0. The molecule has 2 amide bonds. The second kappa shape index (κ2) is 20.9. The molecule has 3 saturated carbocycles. The summed E-state index contributed by atoms with van der Waals surface area (Å²) in [4.78, 5) is 59.7. The molecule has 14 rings (SSSR count). The lowest BCUT2D eigenvalue weighted by Gasteiger charge is -2.53. The Morgan fingerprint density at radius 1 is 1.01 bits per heavy atom. The number of methoxy groups -OCH3 is 1. The minimum Gasteiger partial charge on any atom is -0.464 e. The highest BCUT2D eigenvalue weighted by atomic mass is 32.1. The number of anilines is 1. The van der Waals surface area contributed by atoms with Gasteiger partial charge in [-0.05, 0) is 114 Å². The first kappa shape index (κ1) is 52.1. The maximum absolute atomic E-state index is 15.2. The van der Waals surface area contributed by atoms with E-state index in [-0.39, 0.29) is 49.4 Å². The minimum absolute atomic E-state index is 0.0487. The van der Waals surface area contributed by atoms with Crippen molar-refractivity contribution in [3.8, 4) is 22.5 Å². The van der Waals surface area contributed by atoms with Crippen LogP contribution in [-0.4, -0.2) is 157 Å². The maximum Gasteiger partial charge on any atom is 0.325 e. The lowest BCUT2D eigenvalue weighted by molar-refractivity contribution is -0.174. The quantitative estimate of drug-likeness (QED) is 0.123. The summed E-state index contributed by atoms with van der Waals surface area (Å²) < 4.78 is 54.8. The number of rotatable bonds is 14. The molecule has 10 bridgehead atoms. The van der Waals surface area contributed by atoms with Gasteiger partial charge in [-0.15, -0.1) is 11.3 Å². The van der Waals surface area contributed by atoms with E-state index in [9.17, 15) is 14.0 Å². The van der Waals surface area contributed by atoms with E-state index >= 15 is 4.79 Å². The highest BCUT2D eigenvalue weighted by Gasteiger charge is 2.62. The first-order valence-electron chi connectivity index (χ1n) is 28.0. The number of pyridine rings is 1. The summed E-state index contributed by atoms with van der Waals surface area (Å²) in [6.45, 7) is 15.7. The molecular weight excluding hydrogens is 992 g/mol. The third-order valence-electron chi connectivity index (χ3n) is 17.8. The molecule has 0 spiro atoms. The molecule has 6 saturated heterocycles. The third kappa shape index (κ3) is 9.98. The van der Waals surface area contributed by atoms with Crippen LogP contribution in [0, 0.1) is 17.3 Å². The predicted molar refractivity (Wildman–Crippen MR) is 284 cm³/mol. The molecule has 4 aromatic rings. The van der Waals surface area contributed by atoms with E-state index in [1.807, 2.05) is 25.4 Å². The molecule has 0 unspecified atom stereocenters. The normalized spacial score (nSPS) is 30.6. The molecule has 10 aliphatic rings. The van der Waals surface area contributed by atoms with Crippen LogP contribution in [0.25, 0.3) is 33.4 Å². The third-order valence-corrected chi connectivity index (χ3v) is 18.7. The van der Waals surface area contributed by atoms with Crippen molar-refractivity contribution in [2.24, 2.45) is 17.3 Å². The average molecular weight is 1070 g/mol. The van der Waals surface area contributed by atoms with Crippen LogP contribution >= 0.6 is 11.3 Å². The number of alkyl halides is 1. The number of esters is 1. The summed E-state index contributed by atoms with van der Waals surface area (Å²) in [5, 5.41) is 7.90. The van der Waals surface area contributed by atoms with E-state index < -0.39 is 53.2 Å². The van der Waals surface area contributed by atoms with Gasteiger partial charge in [0.05, 0.1) is 67.1 Å². The Labute approximate surface area is 448 Å². The standard InChI is InChI=1S/C57H75FN8O9S/c1-32(58)29-73-51-49(61-55(69)57-25-37(26-57)33(2)75-57)53(67)66-39-21-36(22-39)48(62-66)54(68)74-31-56(4,5)27-44-42-23-35(45-30-76-52(51)60-45)7-10-46(42)65(17-20-72-41-11-18-71-19-12-41)50(44)43-24-40(28-59-47(43)34(3)70-6)64-15-13-63(14-16-64)38-8-9-38/h7,10,23-24,28,30,32-34,36-39,41,48-49,51,62H,8-9,11-22,25-27,29,31H2,1-6H3,(H,61,69)/t32-,33+,34-,36?,37?,39?,48-,49-,51-,57?/m0/s1. The Morgan fingerprint density at radius 2 is 1.79 bits per heavy atom. The van der Waals surface area contributed by atoms with Crippen LogP contribution in [-0.2, 0) is 55.8 Å². The zero-order valence-electron chi connectivity index (χ0n) is 44.9. The van der Waals surface area contributed by atoms with E-state index in [1.165, 1.54) is 36.1 Å². The van der Waals surface area contributed by atoms with Gasteiger partial charge in [-0.3, -0.25) is 29.3 Å². The number of ether oxygens (including phenoxy) is 6. The van der Waals surface area contributed by atoms with E-state index in [0.29, 0.717) is 75.2 Å². The number of nitrogens with one attached hydrogen (secondary N) is 2. The summed E-state index contributed by atoms with van der Waals surface area (Å²) in [5.74, 6) is -1.15. The van der Waals surface area contributed by atoms with Crippen LogP contribution in [0.2, 0.25) is 0 Å². The summed E-state index contributed by atoms with van der Waals surface area (Å²) in [6.07, 6.45) is 6.15. The number of halogens is 1. The molecule has 3 aromatic heterocycles. The van der Waals surface area contributed by atoms with Crippen molar-refractivity contribution in [2.45, 2.75) is 159 Å². The Kier molecular flexibility index (Phi) is 14.3. The number of hydrogen-bond donors (Lipinski definition) is 2. The Hall–Kier alpha value is -4.60. The molecule has 0 radical (unpaired) electrons. The van der Waals surface area contributed by atoms with Gasteiger partial charge < -0.3 is 43.2 Å². The van der Waals surface area contributed by atoms with Gasteiger partial charge in [0.1, 0.15) is 35.0 Å². The van der Waals surface area contributed by atoms with Crippen molar-refractivity contribution in [3.05, 3.63) is 52.1 Å². The Morgan fingerprint density at radius 3 is 2.50 bits per heavy atom. The van der Waals surface area contributed by atoms with Crippen LogP contribution < -0.4 is 15.6 Å². The number of carbonyl (C=O) groups excluding carboxylic acids is 3. The molecule has 9 fully saturated rings. The first-order chi connectivity index (χ1) is 36.7. The number of benzene rings is 1. The summed E-state index contributed by atoms with van der Waals surface area (Å²) in [6, 6.07) is 7.05. The lowest BCUT2D eigenvalue weighted by Crippen LogP contribution is -2.72. The van der Waals surface area contributed by atoms with E-state index in [1.54, 1.807) is 7.11 Å². The second-order valence-electron chi connectivity index (χ2n) is 23.8. The predicted octanol–water partition coefficient (Wildman–Crippen LogP) is 7.10. The Balaban J connectivity index is 0.998. The number of fused-ring (bicyclic) bond motifs is 5. The maximum atomic E-state index is 15.2. The van der Waals surface area contributed by atoms with E-state index in [0.717, 1.165) is 83.7 Å². The van der Waals surface area contributed by atoms with Crippen molar-refractivity contribution in [2.75, 3.05) is 71.2 Å². The molecule has 7 aliphatic heterocycles. The van der Waals surface area contributed by atoms with Gasteiger partial charge in [-0.1, -0.05) is 19.9 Å². The number of carbonyl (C=O) groups is 3. The number of thiazole rings is 1. The molecule has 76 heavy (non-hydrogen) atoms. The largest absolute Gasteiger partial charge is 0.464 e. The van der Waals surface area contributed by atoms with E-state index in [4.69, 9.17) is 38.4 Å². The van der Waals surface area contributed by atoms with Crippen molar-refractivity contribution in [3.63, 3.8) is 0 Å². The number of nitrogens with zero attached hydrogens (tertiary/aromatic N) is 6. The SMILES string of the molecule is CO[C@@H](C)c1ncc(N2CCN(C3CC3)CC2)cc1-c1c2c3cc(ccc3n1CCOC1CCOCC1)-c1csc(n1)[C@@H](OC[C@H](C)F)[C@H](NC(=O)C13CC(C1)[C@@H](C)O3)C(=O)N1N[C@H](C(=O)OCC(C)(C)C2)C2CC1C2. The van der Waals surface area contributed by atoms with Gasteiger partial charge in [0.2, 0.25) is 0 Å². The smallest absolute Gasteiger partial charge is 0.325 e. The fourth-order valence-electron chi connectivity index (χ4n) is 13.0. The van der Waals surface area contributed by atoms with Crippen molar-refractivity contribution >= 4 is 45.7 Å². The number of hydrazine groups is 1. The fraction of sp³-hybridized carbons (Fsp3) is 0.667. The number of cyclic esters (lactones) is 1. The zero-order chi connectivity index (χ0) is 52.6. The molecule has 17 nitrogen and oxygen atoms in total. The van der Waals surface area contributed by atoms with Gasteiger partial charge in [0, 0.05) is 98.0 Å². The molecular formula is C57H75FN8O9S. The van der Waals surface area contributed by atoms with Crippen LogP contribution in [0.1, 0.15) is 114 Å². The molecule has 19 heteroatoms. The van der Waals surface area contributed by atoms with Crippen LogP contribution in [0.15, 0.2) is 35.8 Å². The van der Waals surface area contributed by atoms with Gasteiger partial charge in [-0.2, -0.15) is 0 Å². The molecule has 410 valence electrons. The lowest BCUT2D eigenvalue weighted by atomic mass is 9.72. The number of hydrogen-bond acceptors (Lipinski definition) is 15. The van der Waals surface area contributed by atoms with Crippen molar-refractivity contribution in [1.82, 2.24) is 35.2 Å². The highest BCUT2D eigenvalue weighted by molar-refractivity contribution is 7.10. The topological polar surface area (TPSA) is 171 Å². The molecule has 2 N–H and O–H groups in total. The molecule has 6 atom stereocenters. The second-order valence-corrected chi connectivity index (χ2v) is 24.7. The molecule has 10 heterocycles. The van der Waals surface area contributed by atoms with Gasteiger partial charge in [0.25, 0.3) is 11.8 Å².